The summed E-state index contributed by atoms with van der Waals surface area (Å²) in [5, 5.41) is 3.35. The Morgan fingerprint density at radius 3 is 2.67 bits per heavy atom. The lowest BCUT2D eigenvalue weighted by molar-refractivity contribution is 0.0531. The minimum absolute atomic E-state index is 0.175. The zero-order valence-corrected chi connectivity index (χ0v) is 18.6. The topological polar surface area (TPSA) is 74.1 Å². The molecule has 0 unspecified atom stereocenters. The first-order chi connectivity index (χ1) is 14.5. The molecule has 154 valence electrons. The lowest BCUT2D eigenvalue weighted by atomic mass is 10.1. The van der Waals surface area contributed by atoms with Crippen LogP contribution in [-0.4, -0.2) is 27.1 Å². The van der Waals surface area contributed by atoms with Gasteiger partial charge in [-0.1, -0.05) is 31.2 Å². The van der Waals surface area contributed by atoms with Gasteiger partial charge in [0.15, 0.2) is 0 Å². The van der Waals surface area contributed by atoms with Crippen molar-refractivity contribution in [2.45, 2.75) is 33.7 Å². The molecule has 3 heterocycles. The Balaban J connectivity index is 1.63. The van der Waals surface area contributed by atoms with E-state index in [1.165, 1.54) is 27.8 Å². The van der Waals surface area contributed by atoms with E-state index in [9.17, 15) is 9.59 Å². The highest BCUT2D eigenvalue weighted by atomic mass is 32.1. The van der Waals surface area contributed by atoms with Gasteiger partial charge in [-0.3, -0.25) is 9.36 Å². The number of aromatic nitrogens is 3. The van der Waals surface area contributed by atoms with Gasteiger partial charge in [0, 0.05) is 10.9 Å². The maximum absolute atomic E-state index is 13.0. The maximum atomic E-state index is 13.0. The number of thiophene rings is 1. The molecule has 0 saturated carbocycles. The van der Waals surface area contributed by atoms with Crippen LogP contribution in [0.4, 0.5) is 0 Å². The van der Waals surface area contributed by atoms with Crippen molar-refractivity contribution in [1.29, 1.82) is 0 Å². The first kappa shape index (κ1) is 20.4. The predicted octanol–water partition coefficient (Wildman–Crippen LogP) is 4.68. The Bertz CT molecular complexity index is 1270. The smallest absolute Gasteiger partial charge is 0.348 e. The number of hydrogen-bond donors (Lipinski definition) is 0. The van der Waals surface area contributed by atoms with Crippen molar-refractivity contribution in [1.82, 2.24) is 14.5 Å². The summed E-state index contributed by atoms with van der Waals surface area (Å²) < 4.78 is 6.63. The number of carbonyl (C=O) groups excluding carboxylic acids is 1. The highest BCUT2D eigenvalue weighted by molar-refractivity contribution is 7.20. The SMILES string of the molecule is CCOC(=O)c1sc2ncn(Cc3csc(-c4ccc(CC)cc4)n3)c(=O)c2c1C. The number of hydrogen-bond acceptors (Lipinski definition) is 7. The summed E-state index contributed by atoms with van der Waals surface area (Å²) in [5.41, 5.74) is 3.60. The molecule has 1 aromatic carbocycles. The maximum Gasteiger partial charge on any atom is 0.348 e. The van der Waals surface area contributed by atoms with Crippen molar-refractivity contribution >= 4 is 38.9 Å². The Hall–Kier alpha value is -2.84. The van der Waals surface area contributed by atoms with Crippen LogP contribution in [0.2, 0.25) is 0 Å². The molecular weight excluding hydrogens is 418 g/mol. The van der Waals surface area contributed by atoms with E-state index >= 15 is 0 Å². The highest BCUT2D eigenvalue weighted by Gasteiger charge is 2.20. The largest absolute Gasteiger partial charge is 0.462 e. The monoisotopic (exact) mass is 439 g/mol. The Morgan fingerprint density at radius 2 is 1.97 bits per heavy atom. The normalized spacial score (nSPS) is 11.2. The van der Waals surface area contributed by atoms with Crippen LogP contribution in [0.5, 0.6) is 0 Å². The average Bonchev–Trinajstić information content (AvgIpc) is 3.35. The third-order valence-corrected chi connectivity index (χ3v) is 6.99. The van der Waals surface area contributed by atoms with Crippen LogP contribution in [0.1, 0.15) is 40.3 Å². The Kier molecular flexibility index (Phi) is 5.78. The lowest BCUT2D eigenvalue weighted by Gasteiger charge is -2.03. The second kappa shape index (κ2) is 8.49. The van der Waals surface area contributed by atoms with Gasteiger partial charge in [0.05, 0.1) is 30.6 Å². The van der Waals surface area contributed by atoms with Crippen molar-refractivity contribution in [3.63, 3.8) is 0 Å². The van der Waals surface area contributed by atoms with Crippen LogP contribution in [0.3, 0.4) is 0 Å². The van der Waals surface area contributed by atoms with Crippen LogP contribution in [0, 0.1) is 6.92 Å². The Morgan fingerprint density at radius 1 is 1.20 bits per heavy atom. The number of aryl methyl sites for hydroxylation is 2. The molecule has 0 N–H and O–H groups in total. The van der Waals surface area contributed by atoms with E-state index in [1.807, 2.05) is 5.38 Å². The summed E-state index contributed by atoms with van der Waals surface area (Å²) >= 11 is 2.75. The lowest BCUT2D eigenvalue weighted by Crippen LogP contribution is -2.21. The fourth-order valence-corrected chi connectivity index (χ4v) is 5.08. The molecule has 0 fully saturated rings. The van der Waals surface area contributed by atoms with Gasteiger partial charge in [-0.15, -0.1) is 22.7 Å². The summed E-state index contributed by atoms with van der Waals surface area (Å²) in [7, 11) is 0. The first-order valence-electron chi connectivity index (χ1n) is 9.71. The molecule has 0 saturated heterocycles. The second-order valence-electron chi connectivity index (χ2n) is 6.83. The van der Waals surface area contributed by atoms with E-state index in [-0.39, 0.29) is 12.2 Å². The molecule has 4 aromatic rings. The summed E-state index contributed by atoms with van der Waals surface area (Å²) in [6.07, 6.45) is 2.52. The number of thiazole rings is 1. The van der Waals surface area contributed by atoms with Crippen LogP contribution >= 0.6 is 22.7 Å². The standard InChI is InChI=1S/C22H21N3O3S2/c1-4-14-6-8-15(9-7-14)19-24-16(11-29-19)10-25-12-23-20-17(21(25)26)13(3)18(30-20)22(27)28-5-2/h6-9,11-12H,4-5,10H2,1-3H3. The van der Waals surface area contributed by atoms with Crippen molar-refractivity contribution in [2.75, 3.05) is 6.61 Å². The van der Waals surface area contributed by atoms with Gasteiger partial charge in [-0.25, -0.2) is 14.8 Å². The average molecular weight is 440 g/mol. The molecule has 0 amide bonds. The summed E-state index contributed by atoms with van der Waals surface area (Å²) in [6.45, 7) is 6.27. The van der Waals surface area contributed by atoms with Gasteiger partial charge in [-0.2, -0.15) is 0 Å². The van der Waals surface area contributed by atoms with E-state index in [4.69, 9.17) is 9.72 Å². The number of nitrogens with zero attached hydrogens (tertiary/aromatic N) is 3. The van der Waals surface area contributed by atoms with Crippen LogP contribution in [0.15, 0.2) is 40.8 Å². The molecule has 4 rings (SSSR count). The molecule has 30 heavy (non-hydrogen) atoms. The molecule has 0 aliphatic heterocycles. The number of benzene rings is 1. The van der Waals surface area contributed by atoms with Crippen molar-refractivity contribution in [3.05, 3.63) is 68.0 Å². The minimum Gasteiger partial charge on any atom is -0.462 e. The molecule has 3 aromatic heterocycles. The molecule has 0 bridgehead atoms. The number of carbonyl (C=O) groups is 1. The highest BCUT2D eigenvalue weighted by Crippen LogP contribution is 2.28. The van der Waals surface area contributed by atoms with Crippen LogP contribution < -0.4 is 5.56 Å². The quantitative estimate of drug-likeness (QED) is 0.408. The van der Waals surface area contributed by atoms with Gasteiger partial charge >= 0.3 is 5.97 Å². The molecule has 8 heteroatoms. The van der Waals surface area contributed by atoms with Gasteiger partial charge in [-0.05, 0) is 31.4 Å². The number of esters is 1. The fourth-order valence-electron chi connectivity index (χ4n) is 3.23. The molecule has 6 nitrogen and oxygen atoms in total. The molecule has 0 atom stereocenters. The molecule has 0 spiro atoms. The Labute approximate surface area is 181 Å². The first-order valence-corrected chi connectivity index (χ1v) is 11.4. The minimum atomic E-state index is -0.415. The summed E-state index contributed by atoms with van der Waals surface area (Å²) in [5.74, 6) is -0.415. The zero-order chi connectivity index (χ0) is 21.3. The molecule has 0 aliphatic rings. The van der Waals surface area contributed by atoms with Crippen molar-refractivity contribution < 1.29 is 9.53 Å². The van der Waals surface area contributed by atoms with E-state index in [0.717, 1.165) is 22.7 Å². The zero-order valence-electron chi connectivity index (χ0n) is 17.0. The number of rotatable bonds is 6. The number of fused-ring (bicyclic) bond motifs is 1. The summed E-state index contributed by atoms with van der Waals surface area (Å²) in [4.78, 5) is 35.3. The predicted molar refractivity (Wildman–Crippen MR) is 121 cm³/mol. The molecule has 0 aliphatic carbocycles. The number of ether oxygens (including phenoxy) is 1. The van der Waals surface area contributed by atoms with Gasteiger partial charge in [0.1, 0.15) is 14.7 Å². The van der Waals surface area contributed by atoms with Crippen molar-refractivity contribution in [2.24, 2.45) is 0 Å². The van der Waals surface area contributed by atoms with Crippen LogP contribution in [-0.2, 0) is 17.7 Å². The van der Waals surface area contributed by atoms with E-state index in [1.54, 1.807) is 25.2 Å². The third kappa shape index (κ3) is 3.80. The fraction of sp³-hybridized carbons (Fsp3) is 0.273. The van der Waals surface area contributed by atoms with Gasteiger partial charge in [0.25, 0.3) is 5.56 Å². The van der Waals surface area contributed by atoms with Gasteiger partial charge < -0.3 is 4.74 Å². The van der Waals surface area contributed by atoms with Crippen LogP contribution in [0.25, 0.3) is 20.8 Å². The van der Waals surface area contributed by atoms with E-state index in [2.05, 4.69) is 36.2 Å². The summed E-state index contributed by atoms with van der Waals surface area (Å²) in [6, 6.07) is 8.37. The van der Waals surface area contributed by atoms with Gasteiger partial charge in [0.2, 0.25) is 0 Å². The molecular formula is C22H21N3O3S2. The van der Waals surface area contributed by atoms with Crippen molar-refractivity contribution in [3.8, 4) is 10.6 Å². The third-order valence-electron chi connectivity index (χ3n) is 4.87. The second-order valence-corrected chi connectivity index (χ2v) is 8.69. The molecule has 0 radical (unpaired) electrons. The van der Waals surface area contributed by atoms with E-state index in [0.29, 0.717) is 27.2 Å². The van der Waals surface area contributed by atoms with E-state index < -0.39 is 5.97 Å².